The molecule has 0 unspecified atom stereocenters. The SMILES string of the molecule is CCCCCCCOc1ccc(C(=O)Nc2cccc3ccccc23)cc1. The number of hydrogen-bond acceptors (Lipinski definition) is 2. The topological polar surface area (TPSA) is 38.3 Å². The summed E-state index contributed by atoms with van der Waals surface area (Å²) in [6.45, 7) is 2.94. The molecule has 0 spiro atoms. The van der Waals surface area contributed by atoms with Crippen LogP contribution in [0.4, 0.5) is 5.69 Å². The highest BCUT2D eigenvalue weighted by molar-refractivity contribution is 6.09. The van der Waals surface area contributed by atoms with E-state index in [1.165, 1.54) is 25.7 Å². The third-order valence-corrected chi connectivity index (χ3v) is 4.67. The van der Waals surface area contributed by atoms with Crippen LogP contribution in [0.5, 0.6) is 5.75 Å². The number of unbranched alkanes of at least 4 members (excludes halogenated alkanes) is 4. The first kappa shape index (κ1) is 19.0. The van der Waals surface area contributed by atoms with Crippen molar-refractivity contribution in [1.82, 2.24) is 0 Å². The van der Waals surface area contributed by atoms with Crippen LogP contribution in [-0.2, 0) is 0 Å². The number of ether oxygens (including phenoxy) is 1. The van der Waals surface area contributed by atoms with Crippen LogP contribution in [0.3, 0.4) is 0 Å². The summed E-state index contributed by atoms with van der Waals surface area (Å²) in [5.74, 6) is 0.699. The number of fused-ring (bicyclic) bond motifs is 1. The Bertz CT molecular complexity index is 866. The van der Waals surface area contributed by atoms with Crippen LogP contribution in [-0.4, -0.2) is 12.5 Å². The third-order valence-electron chi connectivity index (χ3n) is 4.67. The molecule has 0 aromatic heterocycles. The lowest BCUT2D eigenvalue weighted by atomic mass is 10.1. The van der Waals surface area contributed by atoms with Crippen molar-refractivity contribution in [2.24, 2.45) is 0 Å². The Morgan fingerprint density at radius 2 is 1.59 bits per heavy atom. The van der Waals surface area contributed by atoms with E-state index in [0.717, 1.165) is 35.2 Å². The summed E-state index contributed by atoms with van der Waals surface area (Å²) >= 11 is 0. The summed E-state index contributed by atoms with van der Waals surface area (Å²) < 4.78 is 5.77. The maximum atomic E-state index is 12.6. The van der Waals surface area contributed by atoms with Gasteiger partial charge in [0.05, 0.1) is 6.61 Å². The minimum Gasteiger partial charge on any atom is -0.494 e. The van der Waals surface area contributed by atoms with E-state index in [2.05, 4.69) is 12.2 Å². The Morgan fingerprint density at radius 3 is 2.41 bits per heavy atom. The molecule has 0 saturated heterocycles. The largest absolute Gasteiger partial charge is 0.494 e. The Kier molecular flexibility index (Phi) is 6.86. The molecule has 0 atom stereocenters. The van der Waals surface area contributed by atoms with Gasteiger partial charge in [0, 0.05) is 16.6 Å². The van der Waals surface area contributed by atoms with E-state index < -0.39 is 0 Å². The predicted molar refractivity (Wildman–Crippen MR) is 113 cm³/mol. The lowest BCUT2D eigenvalue weighted by Crippen LogP contribution is -2.12. The van der Waals surface area contributed by atoms with Crippen molar-refractivity contribution >= 4 is 22.4 Å². The molecule has 3 nitrogen and oxygen atoms in total. The van der Waals surface area contributed by atoms with Crippen LogP contribution in [0, 0.1) is 0 Å². The Morgan fingerprint density at radius 1 is 0.852 bits per heavy atom. The summed E-state index contributed by atoms with van der Waals surface area (Å²) in [6.07, 6.45) is 6.10. The quantitative estimate of drug-likeness (QED) is 0.445. The molecule has 1 amide bonds. The third kappa shape index (κ3) is 5.33. The minimum absolute atomic E-state index is 0.113. The zero-order valence-electron chi connectivity index (χ0n) is 15.9. The number of amides is 1. The molecule has 1 N–H and O–H groups in total. The van der Waals surface area contributed by atoms with Gasteiger partial charge in [-0.15, -0.1) is 0 Å². The van der Waals surface area contributed by atoms with Crippen molar-refractivity contribution in [1.29, 1.82) is 0 Å². The van der Waals surface area contributed by atoms with Gasteiger partial charge in [-0.3, -0.25) is 4.79 Å². The van der Waals surface area contributed by atoms with E-state index in [0.29, 0.717) is 5.56 Å². The maximum absolute atomic E-state index is 12.6. The van der Waals surface area contributed by atoms with Gasteiger partial charge in [0.15, 0.2) is 0 Å². The fourth-order valence-corrected chi connectivity index (χ4v) is 3.13. The standard InChI is InChI=1S/C24H27NO2/c1-2-3-4-5-8-18-27-21-16-14-20(15-17-21)24(26)25-23-13-9-11-19-10-6-7-12-22(19)23/h6-7,9-17H,2-5,8,18H2,1H3,(H,25,26). The summed E-state index contributed by atoms with van der Waals surface area (Å²) in [4.78, 5) is 12.6. The average Bonchev–Trinajstić information content (AvgIpc) is 2.71. The summed E-state index contributed by atoms with van der Waals surface area (Å²) in [5, 5.41) is 5.16. The Balaban J connectivity index is 1.56. The minimum atomic E-state index is -0.113. The number of carbonyl (C=O) groups excluding carboxylic acids is 1. The molecule has 3 heteroatoms. The van der Waals surface area contributed by atoms with Gasteiger partial charge in [-0.2, -0.15) is 0 Å². The van der Waals surface area contributed by atoms with Crippen LogP contribution in [0.25, 0.3) is 10.8 Å². The average molecular weight is 361 g/mol. The first-order chi connectivity index (χ1) is 13.3. The predicted octanol–water partition coefficient (Wildman–Crippen LogP) is 6.44. The molecule has 0 aliphatic heterocycles. The zero-order chi connectivity index (χ0) is 18.9. The summed E-state index contributed by atoms with van der Waals surface area (Å²) in [7, 11) is 0. The molecular weight excluding hydrogens is 334 g/mol. The van der Waals surface area contributed by atoms with Crippen molar-refractivity contribution in [3.63, 3.8) is 0 Å². The lowest BCUT2D eigenvalue weighted by molar-refractivity contribution is 0.102. The normalized spacial score (nSPS) is 10.7. The number of nitrogens with one attached hydrogen (secondary N) is 1. The molecule has 0 fully saturated rings. The van der Waals surface area contributed by atoms with E-state index in [1.807, 2.05) is 66.7 Å². The second-order valence-corrected chi connectivity index (χ2v) is 6.77. The monoisotopic (exact) mass is 361 g/mol. The highest BCUT2D eigenvalue weighted by Crippen LogP contribution is 2.24. The molecule has 140 valence electrons. The Hall–Kier alpha value is -2.81. The molecule has 0 bridgehead atoms. The van der Waals surface area contributed by atoms with E-state index in [9.17, 15) is 4.79 Å². The first-order valence-corrected chi connectivity index (χ1v) is 9.80. The van der Waals surface area contributed by atoms with Crippen LogP contribution < -0.4 is 10.1 Å². The molecule has 0 heterocycles. The fraction of sp³-hybridized carbons (Fsp3) is 0.292. The van der Waals surface area contributed by atoms with Crippen molar-refractivity contribution < 1.29 is 9.53 Å². The maximum Gasteiger partial charge on any atom is 0.255 e. The number of hydrogen-bond donors (Lipinski definition) is 1. The highest BCUT2D eigenvalue weighted by Gasteiger charge is 2.08. The van der Waals surface area contributed by atoms with Gasteiger partial charge < -0.3 is 10.1 Å². The molecule has 0 aliphatic rings. The second-order valence-electron chi connectivity index (χ2n) is 6.77. The molecule has 0 radical (unpaired) electrons. The number of rotatable bonds is 9. The van der Waals surface area contributed by atoms with Crippen molar-refractivity contribution in [2.75, 3.05) is 11.9 Å². The van der Waals surface area contributed by atoms with Crippen LogP contribution in [0.15, 0.2) is 66.7 Å². The van der Waals surface area contributed by atoms with Gasteiger partial charge in [-0.05, 0) is 42.1 Å². The smallest absolute Gasteiger partial charge is 0.255 e. The van der Waals surface area contributed by atoms with Crippen molar-refractivity contribution in [3.8, 4) is 5.75 Å². The number of benzene rings is 3. The van der Waals surface area contributed by atoms with Crippen molar-refractivity contribution in [2.45, 2.75) is 39.0 Å². The van der Waals surface area contributed by atoms with Gasteiger partial charge in [0.1, 0.15) is 5.75 Å². The van der Waals surface area contributed by atoms with Gasteiger partial charge >= 0.3 is 0 Å². The van der Waals surface area contributed by atoms with E-state index in [4.69, 9.17) is 4.74 Å². The molecule has 0 saturated carbocycles. The van der Waals surface area contributed by atoms with E-state index in [-0.39, 0.29) is 5.91 Å². The molecule has 0 aliphatic carbocycles. The summed E-state index contributed by atoms with van der Waals surface area (Å²) in [5.41, 5.74) is 1.45. The van der Waals surface area contributed by atoms with Crippen LogP contribution in [0.1, 0.15) is 49.4 Å². The zero-order valence-corrected chi connectivity index (χ0v) is 15.9. The van der Waals surface area contributed by atoms with Gasteiger partial charge in [-0.25, -0.2) is 0 Å². The molecule has 27 heavy (non-hydrogen) atoms. The molecular formula is C24H27NO2. The van der Waals surface area contributed by atoms with Gasteiger partial charge in [-0.1, -0.05) is 69.0 Å². The highest BCUT2D eigenvalue weighted by atomic mass is 16.5. The fourth-order valence-electron chi connectivity index (χ4n) is 3.13. The molecule has 3 aromatic carbocycles. The van der Waals surface area contributed by atoms with Crippen LogP contribution >= 0.6 is 0 Å². The van der Waals surface area contributed by atoms with Gasteiger partial charge in [0.25, 0.3) is 5.91 Å². The second kappa shape index (κ2) is 9.77. The van der Waals surface area contributed by atoms with E-state index in [1.54, 1.807) is 0 Å². The van der Waals surface area contributed by atoms with Crippen molar-refractivity contribution in [3.05, 3.63) is 72.3 Å². The molecule has 3 rings (SSSR count). The van der Waals surface area contributed by atoms with E-state index >= 15 is 0 Å². The summed E-state index contributed by atoms with van der Waals surface area (Å²) in [6, 6.07) is 21.3. The number of carbonyl (C=O) groups is 1. The van der Waals surface area contributed by atoms with Gasteiger partial charge in [0.2, 0.25) is 0 Å². The lowest BCUT2D eigenvalue weighted by Gasteiger charge is -2.10. The molecule has 3 aromatic rings. The first-order valence-electron chi connectivity index (χ1n) is 9.80. The number of anilines is 1. The Labute approximate surface area is 161 Å². The van der Waals surface area contributed by atoms with Crippen LogP contribution in [0.2, 0.25) is 0 Å².